The number of halogens is 1. The first kappa shape index (κ1) is 12.8. The molecule has 94 valence electrons. The zero-order valence-corrected chi connectivity index (χ0v) is 11.7. The minimum absolute atomic E-state index is 0.522. The van der Waals surface area contributed by atoms with Gasteiger partial charge >= 0.3 is 0 Å². The lowest BCUT2D eigenvalue weighted by molar-refractivity contribution is 0.111. The van der Waals surface area contributed by atoms with Crippen molar-refractivity contribution in [3.63, 3.8) is 0 Å². The molecule has 2 nitrogen and oxygen atoms in total. The molecule has 0 aliphatic carbocycles. The zero-order valence-electron chi connectivity index (χ0n) is 10.9. The first-order valence-electron chi connectivity index (χ1n) is 6.48. The van der Waals surface area contributed by atoms with Crippen LogP contribution in [0.5, 0.6) is 0 Å². The van der Waals surface area contributed by atoms with Crippen LogP contribution in [0.25, 0.3) is 0 Å². The second kappa shape index (κ2) is 5.36. The van der Waals surface area contributed by atoms with Crippen LogP contribution >= 0.6 is 11.6 Å². The number of nitrogens with zero attached hydrogens (tertiary/aromatic N) is 2. The van der Waals surface area contributed by atoms with E-state index in [4.69, 9.17) is 11.6 Å². The molecule has 3 heteroatoms. The number of piperidine rings is 1. The molecule has 0 spiro atoms. The van der Waals surface area contributed by atoms with Crippen LogP contribution in [-0.2, 0) is 0 Å². The van der Waals surface area contributed by atoms with Crippen molar-refractivity contribution < 1.29 is 0 Å². The summed E-state index contributed by atoms with van der Waals surface area (Å²) in [7, 11) is 0. The van der Waals surface area contributed by atoms with Gasteiger partial charge in [-0.25, -0.2) is 4.98 Å². The Kier molecular flexibility index (Phi) is 4.05. The number of hydrogen-bond acceptors (Lipinski definition) is 2. The van der Waals surface area contributed by atoms with Crippen LogP contribution in [-0.4, -0.2) is 22.5 Å². The SMILES string of the molecule is Cc1nc(Cl)ccc1C1CCCCN1C(C)C. The molecule has 1 aromatic rings. The molecule has 0 radical (unpaired) electrons. The van der Waals surface area contributed by atoms with Gasteiger partial charge in [-0.3, -0.25) is 4.90 Å². The lowest BCUT2D eigenvalue weighted by atomic mass is 9.93. The number of rotatable bonds is 2. The monoisotopic (exact) mass is 252 g/mol. The first-order valence-corrected chi connectivity index (χ1v) is 6.86. The molecular formula is C14H21ClN2. The third kappa shape index (κ3) is 2.80. The second-order valence-electron chi connectivity index (χ2n) is 5.15. The van der Waals surface area contributed by atoms with Crippen LogP contribution in [0.4, 0.5) is 0 Å². The molecule has 0 N–H and O–H groups in total. The Bertz CT molecular complexity index is 390. The maximum atomic E-state index is 5.93. The summed E-state index contributed by atoms with van der Waals surface area (Å²) >= 11 is 5.93. The molecule has 0 amide bonds. The van der Waals surface area contributed by atoms with Gasteiger partial charge in [0.1, 0.15) is 5.15 Å². The van der Waals surface area contributed by atoms with Crippen LogP contribution < -0.4 is 0 Å². The van der Waals surface area contributed by atoms with Crippen molar-refractivity contribution in [1.29, 1.82) is 0 Å². The van der Waals surface area contributed by atoms with Crippen molar-refractivity contribution in [1.82, 2.24) is 9.88 Å². The Balaban J connectivity index is 2.29. The Morgan fingerprint density at radius 3 is 2.76 bits per heavy atom. The molecule has 0 aromatic carbocycles. The molecule has 1 aliphatic rings. The fourth-order valence-electron chi connectivity index (χ4n) is 2.80. The van der Waals surface area contributed by atoms with Crippen LogP contribution in [0.1, 0.15) is 50.4 Å². The van der Waals surface area contributed by atoms with E-state index in [-0.39, 0.29) is 0 Å². The highest BCUT2D eigenvalue weighted by molar-refractivity contribution is 6.29. The van der Waals surface area contributed by atoms with Crippen molar-refractivity contribution in [2.75, 3.05) is 6.54 Å². The molecule has 1 fully saturated rings. The normalized spacial score (nSPS) is 22.1. The van der Waals surface area contributed by atoms with Gasteiger partial charge in [0.05, 0.1) is 0 Å². The van der Waals surface area contributed by atoms with Gasteiger partial charge in [-0.1, -0.05) is 24.1 Å². The Hall–Kier alpha value is -0.600. The average molecular weight is 253 g/mol. The molecule has 0 saturated carbocycles. The molecule has 1 aromatic heterocycles. The fraction of sp³-hybridized carbons (Fsp3) is 0.643. The molecule has 2 heterocycles. The highest BCUT2D eigenvalue weighted by atomic mass is 35.5. The van der Waals surface area contributed by atoms with Gasteiger partial charge in [0, 0.05) is 17.8 Å². The van der Waals surface area contributed by atoms with Crippen LogP contribution in [0, 0.1) is 6.92 Å². The van der Waals surface area contributed by atoms with Gasteiger partial charge in [0.15, 0.2) is 0 Å². The van der Waals surface area contributed by atoms with E-state index in [1.165, 1.54) is 31.4 Å². The third-order valence-corrected chi connectivity index (χ3v) is 3.87. The van der Waals surface area contributed by atoms with Crippen LogP contribution in [0.15, 0.2) is 12.1 Å². The lowest BCUT2D eigenvalue weighted by Gasteiger charge is -2.39. The Morgan fingerprint density at radius 2 is 2.12 bits per heavy atom. The summed E-state index contributed by atoms with van der Waals surface area (Å²) in [4.78, 5) is 6.97. The highest BCUT2D eigenvalue weighted by Crippen LogP contribution is 2.33. The fourth-order valence-corrected chi connectivity index (χ4v) is 2.99. The molecule has 1 saturated heterocycles. The molecule has 17 heavy (non-hydrogen) atoms. The Morgan fingerprint density at radius 1 is 1.35 bits per heavy atom. The van der Waals surface area contributed by atoms with Crippen molar-refractivity contribution >= 4 is 11.6 Å². The highest BCUT2D eigenvalue weighted by Gasteiger charge is 2.27. The van der Waals surface area contributed by atoms with Gasteiger partial charge in [-0.2, -0.15) is 0 Å². The van der Waals surface area contributed by atoms with Crippen molar-refractivity contribution in [2.24, 2.45) is 0 Å². The predicted octanol–water partition coefficient (Wildman–Crippen LogP) is 3.98. The summed E-state index contributed by atoms with van der Waals surface area (Å²) < 4.78 is 0. The van der Waals surface area contributed by atoms with Crippen molar-refractivity contribution in [3.8, 4) is 0 Å². The standard InChI is InChI=1S/C14H21ClN2/c1-10(2)17-9-5-4-6-13(17)12-7-8-14(15)16-11(12)3/h7-8,10,13H,4-6,9H2,1-3H3. The van der Waals surface area contributed by atoms with Gasteiger partial charge in [0.25, 0.3) is 0 Å². The summed E-state index contributed by atoms with van der Waals surface area (Å²) in [5.41, 5.74) is 2.43. The second-order valence-corrected chi connectivity index (χ2v) is 5.54. The molecule has 1 atom stereocenters. The predicted molar refractivity (Wildman–Crippen MR) is 72.4 cm³/mol. The van der Waals surface area contributed by atoms with Crippen molar-refractivity contribution in [2.45, 2.75) is 52.1 Å². The molecular weight excluding hydrogens is 232 g/mol. The van der Waals surface area contributed by atoms with E-state index in [1.807, 2.05) is 6.07 Å². The number of aryl methyl sites for hydroxylation is 1. The first-order chi connectivity index (χ1) is 8.09. The number of hydrogen-bond donors (Lipinski definition) is 0. The van der Waals surface area contributed by atoms with Gasteiger partial charge in [0.2, 0.25) is 0 Å². The summed E-state index contributed by atoms with van der Waals surface area (Å²) in [5.74, 6) is 0. The maximum Gasteiger partial charge on any atom is 0.129 e. The van der Waals surface area contributed by atoms with Gasteiger partial charge in [-0.15, -0.1) is 0 Å². The number of pyridine rings is 1. The third-order valence-electron chi connectivity index (χ3n) is 3.66. The van der Waals surface area contributed by atoms with Crippen molar-refractivity contribution in [3.05, 3.63) is 28.5 Å². The van der Waals surface area contributed by atoms with Gasteiger partial charge in [-0.05, 0) is 51.8 Å². The largest absolute Gasteiger partial charge is 0.294 e. The van der Waals surface area contributed by atoms with Crippen LogP contribution in [0.2, 0.25) is 5.15 Å². The van der Waals surface area contributed by atoms with E-state index in [9.17, 15) is 0 Å². The molecule has 1 aliphatic heterocycles. The van der Waals surface area contributed by atoms with E-state index in [1.54, 1.807) is 0 Å². The van der Waals surface area contributed by atoms with E-state index in [0.29, 0.717) is 17.2 Å². The van der Waals surface area contributed by atoms with Gasteiger partial charge < -0.3 is 0 Å². The van der Waals surface area contributed by atoms with E-state index in [0.717, 1.165) is 5.69 Å². The minimum atomic E-state index is 0.522. The Labute approximate surface area is 109 Å². The summed E-state index contributed by atoms with van der Waals surface area (Å²) in [5, 5.41) is 0.596. The molecule has 2 rings (SSSR count). The topological polar surface area (TPSA) is 16.1 Å². The quantitative estimate of drug-likeness (QED) is 0.741. The number of aromatic nitrogens is 1. The maximum absolute atomic E-state index is 5.93. The minimum Gasteiger partial charge on any atom is -0.294 e. The molecule has 1 unspecified atom stereocenters. The summed E-state index contributed by atoms with van der Waals surface area (Å²) in [6.45, 7) is 7.81. The van der Waals surface area contributed by atoms with Crippen LogP contribution in [0.3, 0.4) is 0 Å². The lowest BCUT2D eigenvalue weighted by Crippen LogP contribution is -2.38. The number of likely N-dealkylation sites (tertiary alicyclic amines) is 1. The summed E-state index contributed by atoms with van der Waals surface area (Å²) in [6, 6.07) is 5.18. The van der Waals surface area contributed by atoms with E-state index in [2.05, 4.69) is 36.7 Å². The zero-order chi connectivity index (χ0) is 12.4. The average Bonchev–Trinajstić information content (AvgIpc) is 2.29. The summed E-state index contributed by atoms with van der Waals surface area (Å²) in [6.07, 6.45) is 3.87. The van der Waals surface area contributed by atoms with E-state index >= 15 is 0 Å². The smallest absolute Gasteiger partial charge is 0.129 e. The van der Waals surface area contributed by atoms with E-state index < -0.39 is 0 Å². The molecule has 0 bridgehead atoms.